The summed E-state index contributed by atoms with van der Waals surface area (Å²) in [4.78, 5) is 0. The van der Waals surface area contributed by atoms with Crippen molar-refractivity contribution in [2.75, 3.05) is 31.7 Å². The fraction of sp³-hybridized carbons (Fsp3) is 0.750. The summed E-state index contributed by atoms with van der Waals surface area (Å²) in [6.07, 6.45) is 0.967. The molecule has 0 amide bonds. The van der Waals surface area contributed by atoms with Gasteiger partial charge in [-0.05, 0) is 27.2 Å². The van der Waals surface area contributed by atoms with Crippen LogP contribution < -0.4 is 40.1 Å². The number of hydrogen-bond donors (Lipinski definition) is 2. The van der Waals surface area contributed by atoms with E-state index in [1.807, 2.05) is 20.8 Å². The fourth-order valence-electron chi connectivity index (χ4n) is 1.91. The molecule has 0 unspecified atom stereocenters. The van der Waals surface area contributed by atoms with Crippen LogP contribution in [-0.4, -0.2) is 50.6 Å². The minimum atomic E-state index is -3.11. The smallest absolute Gasteiger partial charge is 1.00 e. The van der Waals surface area contributed by atoms with Gasteiger partial charge in [0, 0.05) is 26.4 Å². The molecule has 122 valence electrons. The van der Waals surface area contributed by atoms with Gasteiger partial charge >= 0.3 is 38.4 Å². The Kier molecular flexibility index (Phi) is 11.7. The first-order valence-corrected chi connectivity index (χ1v) is 9.39. The third-order valence-corrected chi connectivity index (χ3v) is 6.20. The Bertz CT molecular complexity index is 481. The molecule has 0 fully saturated rings. The molecule has 10 heteroatoms. The molecule has 22 heavy (non-hydrogen) atoms. The third-order valence-electron chi connectivity index (χ3n) is 2.63. The molecule has 1 rings (SSSR count). The summed E-state index contributed by atoms with van der Waals surface area (Å²) in [6.45, 7) is 9.97. The third kappa shape index (κ3) is 5.64. The van der Waals surface area contributed by atoms with E-state index in [0.29, 0.717) is 35.5 Å². The molecule has 0 atom stereocenters. The van der Waals surface area contributed by atoms with E-state index < -0.39 is 8.80 Å². The van der Waals surface area contributed by atoms with Gasteiger partial charge < -0.3 is 20.0 Å². The first-order valence-electron chi connectivity index (χ1n) is 7.26. The number of aromatic nitrogens is 3. The predicted molar refractivity (Wildman–Crippen MR) is 87.4 cm³/mol. The van der Waals surface area contributed by atoms with Crippen molar-refractivity contribution in [3.63, 3.8) is 0 Å². The molecule has 0 aromatic carbocycles. The minimum Gasteiger partial charge on any atom is -1.00 e. The minimum absolute atomic E-state index is 0. The zero-order valence-corrected chi connectivity index (χ0v) is 17.9. The van der Waals surface area contributed by atoms with Crippen molar-refractivity contribution in [2.24, 2.45) is 0 Å². The zero-order chi connectivity index (χ0) is 15.7. The summed E-state index contributed by atoms with van der Waals surface area (Å²) >= 11 is 5.34. The molecule has 0 aliphatic carbocycles. The molecule has 0 aliphatic rings. The number of H-pyrrole nitrogens is 1. The standard InChI is InChI=1S/C12H24N4O3SSi.Na.H/c1-5-9-13-11-10(12(20)15-16-14-11)21(17-6-2,18-7-3)19-8-4;;/h5-9H2,1-4H3,(H2,13,14,15,20);;/q;+1;-1. The quantitative estimate of drug-likeness (QED) is 0.400. The van der Waals surface area contributed by atoms with Gasteiger partial charge in [0.15, 0.2) is 4.64 Å². The molecule has 1 aromatic heterocycles. The van der Waals surface area contributed by atoms with Gasteiger partial charge in [0.1, 0.15) is 11.0 Å². The van der Waals surface area contributed by atoms with E-state index >= 15 is 0 Å². The van der Waals surface area contributed by atoms with Crippen molar-refractivity contribution in [3.05, 3.63) is 4.64 Å². The summed E-state index contributed by atoms with van der Waals surface area (Å²) in [7, 11) is -3.11. The van der Waals surface area contributed by atoms with Crippen molar-refractivity contribution in [3.8, 4) is 0 Å². The summed E-state index contributed by atoms with van der Waals surface area (Å²) in [5, 5.41) is 14.5. The van der Waals surface area contributed by atoms with Crippen LogP contribution in [0.3, 0.4) is 0 Å². The SMILES string of the molecule is CCCNc1[nH]nnc(=S)c1[Si](OCC)(OCC)OCC.[H-].[Na+]. The summed E-state index contributed by atoms with van der Waals surface area (Å²) in [6, 6.07) is 0. The van der Waals surface area contributed by atoms with Crippen LogP contribution in [0.4, 0.5) is 5.82 Å². The maximum absolute atomic E-state index is 5.90. The first kappa shape index (κ1) is 22.1. The fourth-order valence-corrected chi connectivity index (χ4v) is 5.01. The number of nitrogens with one attached hydrogen (secondary N) is 2. The van der Waals surface area contributed by atoms with Crippen LogP contribution >= 0.6 is 12.2 Å². The second-order valence-corrected chi connectivity index (χ2v) is 7.01. The molecule has 0 bridgehead atoms. The summed E-state index contributed by atoms with van der Waals surface area (Å²) in [5.41, 5.74) is 0. The van der Waals surface area contributed by atoms with Crippen molar-refractivity contribution >= 4 is 32.0 Å². The number of anilines is 1. The summed E-state index contributed by atoms with van der Waals surface area (Å²) in [5.74, 6) is 0.666. The van der Waals surface area contributed by atoms with Gasteiger partial charge in [-0.15, -0.1) is 5.10 Å². The van der Waals surface area contributed by atoms with Gasteiger partial charge in [-0.25, -0.2) is 5.10 Å². The molecular formula is C12H25N4NaO3SSi. The molecular weight excluding hydrogens is 331 g/mol. The summed E-state index contributed by atoms with van der Waals surface area (Å²) < 4.78 is 18.0. The Labute approximate surface area is 161 Å². The van der Waals surface area contributed by atoms with Gasteiger partial charge in [-0.2, -0.15) is 0 Å². The van der Waals surface area contributed by atoms with E-state index in [9.17, 15) is 0 Å². The van der Waals surface area contributed by atoms with Crippen molar-refractivity contribution in [1.82, 2.24) is 15.4 Å². The average Bonchev–Trinajstić information content (AvgIpc) is 2.45. The topological polar surface area (TPSA) is 81.3 Å². The van der Waals surface area contributed by atoms with E-state index in [4.69, 9.17) is 25.5 Å². The largest absolute Gasteiger partial charge is 1.00 e. The molecule has 0 saturated heterocycles. The monoisotopic (exact) mass is 356 g/mol. The van der Waals surface area contributed by atoms with E-state index in [0.717, 1.165) is 13.0 Å². The van der Waals surface area contributed by atoms with Gasteiger partial charge in [0.2, 0.25) is 0 Å². The van der Waals surface area contributed by atoms with Crippen molar-refractivity contribution in [1.29, 1.82) is 0 Å². The Hall–Kier alpha value is 0.127. The maximum atomic E-state index is 5.90. The molecule has 0 spiro atoms. The van der Waals surface area contributed by atoms with Gasteiger partial charge in [-0.3, -0.25) is 0 Å². The average molecular weight is 357 g/mol. The zero-order valence-electron chi connectivity index (χ0n) is 15.1. The van der Waals surface area contributed by atoms with Gasteiger partial charge in [0.25, 0.3) is 0 Å². The molecule has 1 heterocycles. The van der Waals surface area contributed by atoms with Crippen LogP contribution in [0.2, 0.25) is 0 Å². The van der Waals surface area contributed by atoms with Crippen LogP contribution in [0.5, 0.6) is 0 Å². The molecule has 0 saturated carbocycles. The van der Waals surface area contributed by atoms with Crippen molar-refractivity contribution in [2.45, 2.75) is 34.1 Å². The Balaban J connectivity index is 0. The molecule has 1 aromatic rings. The van der Waals surface area contributed by atoms with Crippen LogP contribution in [0, 0.1) is 4.64 Å². The van der Waals surface area contributed by atoms with Crippen LogP contribution in [-0.2, 0) is 13.3 Å². The second-order valence-electron chi connectivity index (χ2n) is 4.15. The van der Waals surface area contributed by atoms with E-state index in [1.54, 1.807) is 0 Å². The Morgan fingerprint density at radius 3 is 2.14 bits per heavy atom. The molecule has 7 nitrogen and oxygen atoms in total. The van der Waals surface area contributed by atoms with E-state index in [2.05, 4.69) is 27.7 Å². The normalized spacial score (nSPS) is 11.1. The van der Waals surface area contributed by atoms with Gasteiger partial charge in [0.05, 0.1) is 0 Å². The first-order chi connectivity index (χ1) is 10.1. The molecule has 2 N–H and O–H groups in total. The van der Waals surface area contributed by atoms with Gasteiger partial charge in [-0.1, -0.05) is 24.4 Å². The molecule has 0 aliphatic heterocycles. The van der Waals surface area contributed by atoms with E-state index in [1.165, 1.54) is 0 Å². The van der Waals surface area contributed by atoms with Crippen LogP contribution in [0.1, 0.15) is 35.5 Å². The number of hydrogen-bond acceptors (Lipinski definition) is 7. The predicted octanol–water partition coefficient (Wildman–Crippen LogP) is -1.27. The van der Waals surface area contributed by atoms with E-state index in [-0.39, 0.29) is 31.0 Å². The number of rotatable bonds is 10. The number of nitrogens with zero attached hydrogens (tertiary/aromatic N) is 2. The van der Waals surface area contributed by atoms with Crippen LogP contribution in [0.25, 0.3) is 0 Å². The van der Waals surface area contributed by atoms with Crippen LogP contribution in [0.15, 0.2) is 0 Å². The maximum Gasteiger partial charge on any atom is 1.00 e. The number of aromatic amines is 1. The molecule has 0 radical (unpaired) electrons. The second kappa shape index (κ2) is 11.6. The Morgan fingerprint density at radius 1 is 1.14 bits per heavy atom. The van der Waals surface area contributed by atoms with Crippen molar-refractivity contribution < 1.29 is 44.3 Å². The Morgan fingerprint density at radius 2 is 1.68 bits per heavy atom.